The van der Waals surface area contributed by atoms with Crippen molar-refractivity contribution in [1.82, 2.24) is 9.97 Å². The lowest BCUT2D eigenvalue weighted by atomic mass is 10.2. The third-order valence-electron chi connectivity index (χ3n) is 2.04. The minimum atomic E-state index is -0.516. The molecule has 0 atom stereocenters. The molecule has 17 heavy (non-hydrogen) atoms. The molecular formula is C12H9ClN2O2. The van der Waals surface area contributed by atoms with Crippen molar-refractivity contribution in [1.29, 1.82) is 0 Å². The first-order chi connectivity index (χ1) is 8.25. The fourth-order valence-electron chi connectivity index (χ4n) is 1.21. The molecule has 2 aromatic rings. The standard InChI is InChI=1S/C12H9ClN2O2/c13-11-7-14-10(6-15-11)12(16)17-8-9-4-2-1-3-5-9/h1-7H,8H2. The number of carbonyl (C=O) groups is 1. The van der Waals surface area contributed by atoms with Crippen LogP contribution < -0.4 is 0 Å². The first-order valence-corrected chi connectivity index (χ1v) is 5.32. The summed E-state index contributed by atoms with van der Waals surface area (Å²) in [4.78, 5) is 19.1. The van der Waals surface area contributed by atoms with E-state index in [0.29, 0.717) is 0 Å². The predicted octanol–water partition coefficient (Wildman–Crippen LogP) is 2.49. The van der Waals surface area contributed by atoms with Gasteiger partial charge in [0.2, 0.25) is 0 Å². The number of aromatic nitrogens is 2. The monoisotopic (exact) mass is 248 g/mol. The van der Waals surface area contributed by atoms with Gasteiger partial charge >= 0.3 is 5.97 Å². The highest BCUT2D eigenvalue weighted by Gasteiger charge is 2.09. The normalized spacial score (nSPS) is 9.94. The van der Waals surface area contributed by atoms with E-state index in [1.807, 2.05) is 30.3 Å². The van der Waals surface area contributed by atoms with Gasteiger partial charge in [0.15, 0.2) is 5.69 Å². The van der Waals surface area contributed by atoms with Crippen molar-refractivity contribution >= 4 is 17.6 Å². The van der Waals surface area contributed by atoms with Crippen molar-refractivity contribution < 1.29 is 9.53 Å². The third kappa shape index (κ3) is 3.26. The van der Waals surface area contributed by atoms with Crippen molar-refractivity contribution in [2.45, 2.75) is 6.61 Å². The van der Waals surface area contributed by atoms with Crippen molar-refractivity contribution in [2.24, 2.45) is 0 Å². The van der Waals surface area contributed by atoms with Crippen LogP contribution in [0.4, 0.5) is 0 Å². The Bertz CT molecular complexity index is 500. The molecule has 0 radical (unpaired) electrons. The van der Waals surface area contributed by atoms with Gasteiger partial charge in [-0.05, 0) is 5.56 Å². The lowest BCUT2D eigenvalue weighted by molar-refractivity contribution is 0.0465. The molecule has 86 valence electrons. The van der Waals surface area contributed by atoms with E-state index in [9.17, 15) is 4.79 Å². The number of hydrogen-bond acceptors (Lipinski definition) is 4. The quantitative estimate of drug-likeness (QED) is 0.783. The van der Waals surface area contributed by atoms with E-state index in [1.165, 1.54) is 12.4 Å². The molecule has 0 bridgehead atoms. The lowest BCUT2D eigenvalue weighted by Crippen LogP contribution is -2.07. The highest BCUT2D eigenvalue weighted by atomic mass is 35.5. The van der Waals surface area contributed by atoms with Crippen LogP contribution in [0, 0.1) is 0 Å². The summed E-state index contributed by atoms with van der Waals surface area (Å²) in [7, 11) is 0. The highest BCUT2D eigenvalue weighted by Crippen LogP contribution is 2.05. The maximum Gasteiger partial charge on any atom is 0.358 e. The second-order valence-electron chi connectivity index (χ2n) is 3.29. The fourth-order valence-corrected chi connectivity index (χ4v) is 1.31. The molecule has 0 saturated heterocycles. The van der Waals surface area contributed by atoms with Gasteiger partial charge in [0, 0.05) is 0 Å². The van der Waals surface area contributed by atoms with E-state index in [2.05, 4.69) is 9.97 Å². The molecule has 1 aromatic heterocycles. The van der Waals surface area contributed by atoms with Gasteiger partial charge in [-0.25, -0.2) is 14.8 Å². The number of hydrogen-bond donors (Lipinski definition) is 0. The van der Waals surface area contributed by atoms with Crippen LogP contribution in [0.15, 0.2) is 42.7 Å². The van der Waals surface area contributed by atoms with Crippen LogP contribution in [0.5, 0.6) is 0 Å². The number of esters is 1. The maximum atomic E-state index is 11.6. The number of ether oxygens (including phenoxy) is 1. The minimum Gasteiger partial charge on any atom is -0.456 e. The van der Waals surface area contributed by atoms with Crippen molar-refractivity contribution in [3.05, 3.63) is 59.1 Å². The van der Waals surface area contributed by atoms with Crippen molar-refractivity contribution in [3.8, 4) is 0 Å². The van der Waals surface area contributed by atoms with Crippen LogP contribution in [0.3, 0.4) is 0 Å². The number of rotatable bonds is 3. The molecular weight excluding hydrogens is 240 g/mol. The second-order valence-corrected chi connectivity index (χ2v) is 3.67. The number of nitrogens with zero attached hydrogens (tertiary/aromatic N) is 2. The summed E-state index contributed by atoms with van der Waals surface area (Å²) in [6.07, 6.45) is 2.59. The number of halogens is 1. The van der Waals surface area contributed by atoms with Gasteiger partial charge in [-0.15, -0.1) is 0 Å². The van der Waals surface area contributed by atoms with E-state index < -0.39 is 5.97 Å². The molecule has 0 fully saturated rings. The van der Waals surface area contributed by atoms with Crippen LogP contribution in [0.2, 0.25) is 5.15 Å². The second kappa shape index (κ2) is 5.41. The topological polar surface area (TPSA) is 52.1 Å². The zero-order chi connectivity index (χ0) is 12.1. The summed E-state index contributed by atoms with van der Waals surface area (Å²) < 4.78 is 5.07. The average molecular weight is 249 g/mol. The van der Waals surface area contributed by atoms with Gasteiger partial charge in [-0.2, -0.15) is 0 Å². The summed E-state index contributed by atoms with van der Waals surface area (Å²) in [5.74, 6) is -0.516. The van der Waals surface area contributed by atoms with Crippen LogP contribution in [-0.4, -0.2) is 15.9 Å². The Kier molecular flexibility index (Phi) is 3.67. The Balaban J connectivity index is 1.96. The van der Waals surface area contributed by atoms with Gasteiger partial charge in [-0.3, -0.25) is 0 Å². The molecule has 0 spiro atoms. The first kappa shape index (κ1) is 11.5. The Morgan fingerprint density at radius 1 is 1.18 bits per heavy atom. The summed E-state index contributed by atoms with van der Waals surface area (Å²) in [5, 5.41) is 0.240. The van der Waals surface area contributed by atoms with Crippen LogP contribution in [-0.2, 0) is 11.3 Å². The molecule has 0 aliphatic rings. The number of carbonyl (C=O) groups excluding carboxylic acids is 1. The zero-order valence-corrected chi connectivity index (χ0v) is 9.59. The summed E-state index contributed by atoms with van der Waals surface area (Å²) in [6.45, 7) is 0.212. The molecule has 0 aliphatic heterocycles. The molecule has 0 unspecified atom stereocenters. The van der Waals surface area contributed by atoms with Gasteiger partial charge in [0.25, 0.3) is 0 Å². The molecule has 1 aromatic carbocycles. The van der Waals surface area contributed by atoms with Crippen LogP contribution in [0.1, 0.15) is 16.1 Å². The zero-order valence-electron chi connectivity index (χ0n) is 8.84. The summed E-state index contributed by atoms with van der Waals surface area (Å²) >= 11 is 5.56. The molecule has 0 saturated carbocycles. The van der Waals surface area contributed by atoms with Gasteiger partial charge in [0.05, 0.1) is 12.4 Å². The maximum absolute atomic E-state index is 11.6. The molecule has 0 amide bonds. The molecule has 0 N–H and O–H groups in total. The largest absolute Gasteiger partial charge is 0.456 e. The van der Waals surface area contributed by atoms with Gasteiger partial charge < -0.3 is 4.74 Å². The van der Waals surface area contributed by atoms with Crippen molar-refractivity contribution in [2.75, 3.05) is 0 Å². The summed E-state index contributed by atoms with van der Waals surface area (Å²) in [5.41, 5.74) is 1.06. The third-order valence-corrected chi connectivity index (χ3v) is 2.24. The summed E-state index contributed by atoms with van der Waals surface area (Å²) in [6, 6.07) is 9.41. The Morgan fingerprint density at radius 3 is 2.59 bits per heavy atom. The Labute approximate surface area is 103 Å². The van der Waals surface area contributed by atoms with E-state index in [-0.39, 0.29) is 17.5 Å². The Hall–Kier alpha value is -1.94. The fraction of sp³-hybridized carbons (Fsp3) is 0.0833. The minimum absolute atomic E-state index is 0.144. The molecule has 0 aliphatic carbocycles. The molecule has 2 rings (SSSR count). The van der Waals surface area contributed by atoms with Crippen LogP contribution in [0.25, 0.3) is 0 Å². The molecule has 1 heterocycles. The van der Waals surface area contributed by atoms with Crippen molar-refractivity contribution in [3.63, 3.8) is 0 Å². The lowest BCUT2D eigenvalue weighted by Gasteiger charge is -2.03. The molecule has 5 heteroatoms. The van der Waals surface area contributed by atoms with E-state index in [1.54, 1.807) is 0 Å². The predicted molar refractivity (Wildman–Crippen MR) is 62.6 cm³/mol. The average Bonchev–Trinajstić information content (AvgIpc) is 2.38. The van der Waals surface area contributed by atoms with Gasteiger partial charge in [0.1, 0.15) is 11.8 Å². The van der Waals surface area contributed by atoms with E-state index in [0.717, 1.165) is 5.56 Å². The molecule has 4 nitrogen and oxygen atoms in total. The Morgan fingerprint density at radius 2 is 1.94 bits per heavy atom. The van der Waals surface area contributed by atoms with E-state index >= 15 is 0 Å². The highest BCUT2D eigenvalue weighted by molar-refractivity contribution is 6.29. The van der Waals surface area contributed by atoms with E-state index in [4.69, 9.17) is 16.3 Å². The smallest absolute Gasteiger partial charge is 0.358 e. The SMILES string of the molecule is O=C(OCc1ccccc1)c1cnc(Cl)cn1. The van der Waals surface area contributed by atoms with Gasteiger partial charge in [-0.1, -0.05) is 41.9 Å². The van der Waals surface area contributed by atoms with Crippen LogP contribution >= 0.6 is 11.6 Å². The number of benzene rings is 1. The first-order valence-electron chi connectivity index (χ1n) is 4.94.